The number of ether oxygens (including phenoxy) is 1. The predicted molar refractivity (Wildman–Crippen MR) is 94.9 cm³/mol. The number of amides is 1. The highest BCUT2D eigenvalue weighted by atomic mass is 79.9. The van der Waals surface area contributed by atoms with Crippen LogP contribution in [0.3, 0.4) is 0 Å². The summed E-state index contributed by atoms with van der Waals surface area (Å²) in [5.41, 5.74) is 2.78. The maximum atomic E-state index is 12.2. The molecule has 118 valence electrons. The maximum Gasteiger partial charge on any atom is 0.256 e. The molecule has 2 aromatic rings. The SMILES string of the molecule is CCOc1cc(C=C2C(=O)Nc3ccc(Br)cc32)cc(Cl)c1O. The number of rotatable bonds is 3. The third-order valence-electron chi connectivity index (χ3n) is 3.43. The molecule has 0 radical (unpaired) electrons. The summed E-state index contributed by atoms with van der Waals surface area (Å²) in [6.07, 6.45) is 1.72. The van der Waals surface area contributed by atoms with Crippen molar-refractivity contribution in [2.75, 3.05) is 11.9 Å². The number of phenols is 1. The third-order valence-corrected chi connectivity index (χ3v) is 4.21. The maximum absolute atomic E-state index is 12.2. The van der Waals surface area contributed by atoms with Crippen molar-refractivity contribution in [3.05, 3.63) is 51.0 Å². The molecule has 6 heteroatoms. The van der Waals surface area contributed by atoms with Crippen LogP contribution in [0, 0.1) is 0 Å². The van der Waals surface area contributed by atoms with Crippen LogP contribution in [-0.4, -0.2) is 17.6 Å². The second kappa shape index (κ2) is 6.26. The molecule has 0 aromatic heterocycles. The topological polar surface area (TPSA) is 58.6 Å². The van der Waals surface area contributed by atoms with Crippen molar-refractivity contribution in [3.63, 3.8) is 0 Å². The predicted octanol–water partition coefficient (Wildman–Crippen LogP) is 4.70. The van der Waals surface area contributed by atoms with Gasteiger partial charge in [0.25, 0.3) is 5.91 Å². The normalized spacial score (nSPS) is 14.7. The fourth-order valence-electron chi connectivity index (χ4n) is 2.41. The van der Waals surface area contributed by atoms with E-state index in [0.717, 1.165) is 15.7 Å². The lowest BCUT2D eigenvalue weighted by atomic mass is 10.0. The van der Waals surface area contributed by atoms with E-state index in [4.69, 9.17) is 16.3 Å². The van der Waals surface area contributed by atoms with Crippen molar-refractivity contribution in [2.24, 2.45) is 0 Å². The van der Waals surface area contributed by atoms with Gasteiger partial charge in [0, 0.05) is 21.3 Å². The smallest absolute Gasteiger partial charge is 0.256 e. The first-order valence-electron chi connectivity index (χ1n) is 6.98. The summed E-state index contributed by atoms with van der Waals surface area (Å²) in [6.45, 7) is 2.22. The van der Waals surface area contributed by atoms with Crippen molar-refractivity contribution in [3.8, 4) is 11.5 Å². The number of nitrogens with one attached hydrogen (secondary N) is 1. The summed E-state index contributed by atoms with van der Waals surface area (Å²) in [6, 6.07) is 8.83. The molecule has 0 aliphatic carbocycles. The number of anilines is 1. The summed E-state index contributed by atoms with van der Waals surface area (Å²) in [4.78, 5) is 12.2. The van der Waals surface area contributed by atoms with Crippen molar-refractivity contribution in [1.82, 2.24) is 0 Å². The zero-order valence-electron chi connectivity index (χ0n) is 12.2. The van der Waals surface area contributed by atoms with Gasteiger partial charge in [-0.3, -0.25) is 4.79 Å². The first-order chi connectivity index (χ1) is 11.0. The quantitative estimate of drug-likeness (QED) is 0.742. The molecule has 1 aliphatic heterocycles. The second-order valence-corrected chi connectivity index (χ2v) is 6.31. The van der Waals surface area contributed by atoms with E-state index in [1.54, 1.807) is 18.2 Å². The summed E-state index contributed by atoms with van der Waals surface area (Å²) < 4.78 is 6.25. The van der Waals surface area contributed by atoms with E-state index < -0.39 is 0 Å². The molecule has 2 aromatic carbocycles. The standard InChI is InChI=1S/C17H13BrClNO3/c1-2-23-15-7-9(6-13(19)16(15)21)5-12-11-8-10(18)3-4-14(11)20-17(12)22/h3-8,21H,2H2,1H3,(H,20,22). The molecule has 0 bridgehead atoms. The van der Waals surface area contributed by atoms with Gasteiger partial charge in [-0.05, 0) is 48.9 Å². The van der Waals surface area contributed by atoms with E-state index in [0.29, 0.717) is 23.5 Å². The fourth-order valence-corrected chi connectivity index (χ4v) is 2.99. The number of aromatic hydroxyl groups is 1. The minimum Gasteiger partial charge on any atom is -0.503 e. The van der Waals surface area contributed by atoms with Gasteiger partial charge in [-0.1, -0.05) is 27.5 Å². The molecule has 1 amide bonds. The Morgan fingerprint density at radius 1 is 1.35 bits per heavy atom. The van der Waals surface area contributed by atoms with Crippen molar-refractivity contribution in [2.45, 2.75) is 6.92 Å². The van der Waals surface area contributed by atoms with Gasteiger partial charge in [0.15, 0.2) is 11.5 Å². The molecule has 1 aliphatic rings. The lowest BCUT2D eigenvalue weighted by molar-refractivity contribution is -0.110. The molecule has 4 nitrogen and oxygen atoms in total. The van der Waals surface area contributed by atoms with Crippen LogP contribution in [0.25, 0.3) is 11.6 Å². The minimum atomic E-state index is -0.180. The largest absolute Gasteiger partial charge is 0.503 e. The van der Waals surface area contributed by atoms with Gasteiger partial charge in [0.2, 0.25) is 0 Å². The van der Waals surface area contributed by atoms with Gasteiger partial charge < -0.3 is 15.2 Å². The van der Waals surface area contributed by atoms with Gasteiger partial charge in [-0.2, -0.15) is 0 Å². The number of benzene rings is 2. The lowest BCUT2D eigenvalue weighted by Crippen LogP contribution is -2.03. The van der Waals surface area contributed by atoms with Crippen LogP contribution in [0.5, 0.6) is 11.5 Å². The molecule has 0 fully saturated rings. The summed E-state index contributed by atoms with van der Waals surface area (Å²) in [7, 11) is 0. The third kappa shape index (κ3) is 3.07. The molecule has 0 spiro atoms. The Morgan fingerprint density at radius 2 is 2.13 bits per heavy atom. The number of fused-ring (bicyclic) bond motifs is 1. The van der Waals surface area contributed by atoms with E-state index >= 15 is 0 Å². The summed E-state index contributed by atoms with van der Waals surface area (Å²) >= 11 is 9.45. The Labute approximate surface area is 146 Å². The zero-order valence-corrected chi connectivity index (χ0v) is 14.5. The first-order valence-corrected chi connectivity index (χ1v) is 8.15. The Balaban J connectivity index is 2.09. The molecular weight excluding hydrogens is 382 g/mol. The molecule has 0 saturated heterocycles. The van der Waals surface area contributed by atoms with Gasteiger partial charge >= 0.3 is 0 Å². The Bertz CT molecular complexity index is 833. The monoisotopic (exact) mass is 393 g/mol. The number of halogens is 2. The average Bonchev–Trinajstić information content (AvgIpc) is 2.80. The van der Waals surface area contributed by atoms with Crippen LogP contribution in [0.2, 0.25) is 5.02 Å². The molecule has 0 saturated carbocycles. The average molecular weight is 395 g/mol. The molecule has 23 heavy (non-hydrogen) atoms. The van der Waals surface area contributed by atoms with Crippen LogP contribution in [0.15, 0.2) is 34.8 Å². The molecule has 0 atom stereocenters. The summed E-state index contributed by atoms with van der Waals surface area (Å²) in [5, 5.41) is 12.9. The van der Waals surface area contributed by atoms with E-state index in [2.05, 4.69) is 21.2 Å². The highest BCUT2D eigenvalue weighted by Gasteiger charge is 2.24. The van der Waals surface area contributed by atoms with Crippen LogP contribution >= 0.6 is 27.5 Å². The molecule has 2 N–H and O–H groups in total. The molecular formula is C17H13BrClNO3. The van der Waals surface area contributed by atoms with E-state index in [1.807, 2.05) is 25.1 Å². The van der Waals surface area contributed by atoms with Crippen LogP contribution in [0.1, 0.15) is 18.1 Å². The molecule has 0 unspecified atom stereocenters. The summed E-state index contributed by atoms with van der Waals surface area (Å²) in [5.74, 6) is 0.00895. The number of phenolic OH excluding ortho intramolecular Hbond substituents is 1. The second-order valence-electron chi connectivity index (χ2n) is 4.98. The van der Waals surface area contributed by atoms with Crippen LogP contribution in [0.4, 0.5) is 5.69 Å². The molecule has 1 heterocycles. The Kier molecular flexibility index (Phi) is 4.33. The number of hydrogen-bond donors (Lipinski definition) is 2. The number of hydrogen-bond acceptors (Lipinski definition) is 3. The van der Waals surface area contributed by atoms with Crippen LogP contribution in [-0.2, 0) is 4.79 Å². The Morgan fingerprint density at radius 3 is 2.87 bits per heavy atom. The fraction of sp³-hybridized carbons (Fsp3) is 0.118. The van der Waals surface area contributed by atoms with E-state index in [1.165, 1.54) is 0 Å². The van der Waals surface area contributed by atoms with Gasteiger partial charge in [0.1, 0.15) is 0 Å². The van der Waals surface area contributed by atoms with Gasteiger partial charge in [-0.15, -0.1) is 0 Å². The van der Waals surface area contributed by atoms with Crippen LogP contribution < -0.4 is 10.1 Å². The van der Waals surface area contributed by atoms with Gasteiger partial charge in [-0.25, -0.2) is 0 Å². The Hall–Kier alpha value is -1.98. The minimum absolute atomic E-state index is 0.102. The first kappa shape index (κ1) is 15.9. The van der Waals surface area contributed by atoms with E-state index in [-0.39, 0.29) is 16.7 Å². The highest BCUT2D eigenvalue weighted by molar-refractivity contribution is 9.10. The van der Waals surface area contributed by atoms with Crippen molar-refractivity contribution >= 4 is 50.8 Å². The van der Waals surface area contributed by atoms with Crippen molar-refractivity contribution < 1.29 is 14.6 Å². The zero-order chi connectivity index (χ0) is 16.6. The number of carbonyl (C=O) groups excluding carboxylic acids is 1. The van der Waals surface area contributed by atoms with Gasteiger partial charge in [0.05, 0.1) is 11.6 Å². The highest BCUT2D eigenvalue weighted by Crippen LogP contribution is 2.38. The lowest BCUT2D eigenvalue weighted by Gasteiger charge is -2.09. The van der Waals surface area contributed by atoms with E-state index in [9.17, 15) is 9.90 Å². The number of carbonyl (C=O) groups is 1. The molecule has 3 rings (SSSR count). The van der Waals surface area contributed by atoms with Crippen molar-refractivity contribution in [1.29, 1.82) is 0 Å².